The zero-order valence-corrected chi connectivity index (χ0v) is 32.3. The van der Waals surface area contributed by atoms with Gasteiger partial charge in [-0.15, -0.1) is 0 Å². The average Bonchev–Trinajstić information content (AvgIpc) is 3.95. The average molecular weight is 759 g/mol. The van der Waals surface area contributed by atoms with E-state index in [1.807, 2.05) is 12.3 Å². The Balaban J connectivity index is 1.09. The molecule has 0 spiro atoms. The second-order valence-corrected chi connectivity index (χ2v) is 18.6. The summed E-state index contributed by atoms with van der Waals surface area (Å²) in [4.78, 5) is 10.8. The van der Waals surface area contributed by atoms with Gasteiger partial charge in [0.05, 0.1) is 38.5 Å². The highest BCUT2D eigenvalue weighted by Crippen LogP contribution is 2.40. The van der Waals surface area contributed by atoms with Gasteiger partial charge in [-0.05, 0) is 64.1 Å². The van der Waals surface area contributed by atoms with E-state index in [1.54, 1.807) is 0 Å². The summed E-state index contributed by atoms with van der Waals surface area (Å²) in [5.74, 6) is 0. The first kappa shape index (κ1) is 32.7. The first-order valence-corrected chi connectivity index (χ1v) is 21.7. The minimum atomic E-state index is -2.96. The molecule has 0 atom stereocenters. The van der Waals surface area contributed by atoms with E-state index in [-0.39, 0.29) is 0 Å². The predicted molar refractivity (Wildman–Crippen MR) is 242 cm³/mol. The van der Waals surface area contributed by atoms with Gasteiger partial charge >= 0.3 is 0 Å². The van der Waals surface area contributed by atoms with E-state index >= 15 is 0 Å². The normalized spacial score (nSPS) is 12.1. The number of para-hydroxylation sites is 3. The number of rotatable bonds is 6. The van der Waals surface area contributed by atoms with E-state index in [2.05, 4.69) is 203 Å². The second-order valence-electron chi connectivity index (χ2n) is 14.9. The van der Waals surface area contributed by atoms with Crippen LogP contribution in [-0.4, -0.2) is 27.2 Å². The Labute approximate surface area is 334 Å². The fourth-order valence-corrected chi connectivity index (χ4v) is 13.9. The topological polar surface area (TPSA) is 48.8 Å². The third-order valence-electron chi connectivity index (χ3n) is 11.9. The van der Waals surface area contributed by atoms with Gasteiger partial charge in [-0.2, -0.15) is 0 Å². The van der Waals surface area contributed by atoms with Crippen molar-refractivity contribution in [3.05, 3.63) is 206 Å². The number of hydrogen-bond donors (Lipinski definition) is 0. The molecule has 8 aromatic carbocycles. The zero-order valence-electron chi connectivity index (χ0n) is 31.3. The summed E-state index contributed by atoms with van der Waals surface area (Å²) in [6, 6.07) is 71.5. The lowest BCUT2D eigenvalue weighted by atomic mass is 10.1. The SMILES string of the molecule is c1ccc([Si](c2ccccc2)(c2ccccc2)c2ncc3c(n2)oc2cccc(-n4c5ccccc5c5cc(-n6c7ccccc7c7ccccc76)ccc54)c23)cc1. The van der Waals surface area contributed by atoms with E-state index in [0.29, 0.717) is 5.71 Å². The Kier molecular flexibility index (Phi) is 7.18. The number of furan rings is 1. The zero-order chi connectivity index (χ0) is 38.2. The summed E-state index contributed by atoms with van der Waals surface area (Å²) in [7, 11) is -2.96. The Morgan fingerprint density at radius 2 is 0.914 bits per heavy atom. The molecule has 0 amide bonds. The van der Waals surface area contributed by atoms with Crippen molar-refractivity contribution < 1.29 is 4.42 Å². The summed E-state index contributed by atoms with van der Waals surface area (Å²) in [5.41, 5.74) is 8.94. The van der Waals surface area contributed by atoms with Crippen LogP contribution in [0.5, 0.6) is 0 Å². The van der Waals surface area contributed by atoms with Crippen LogP contribution in [-0.2, 0) is 0 Å². The van der Waals surface area contributed by atoms with Crippen molar-refractivity contribution in [3.63, 3.8) is 0 Å². The minimum absolute atomic E-state index is 0.585. The smallest absolute Gasteiger partial charge is 0.230 e. The third kappa shape index (κ3) is 4.63. The van der Waals surface area contributed by atoms with E-state index in [4.69, 9.17) is 14.4 Å². The minimum Gasteiger partial charge on any atom is -0.438 e. The van der Waals surface area contributed by atoms with Crippen LogP contribution >= 0.6 is 0 Å². The van der Waals surface area contributed by atoms with Crippen molar-refractivity contribution in [1.29, 1.82) is 0 Å². The van der Waals surface area contributed by atoms with Gasteiger partial charge < -0.3 is 13.6 Å². The molecule has 272 valence electrons. The van der Waals surface area contributed by atoms with Crippen molar-refractivity contribution in [1.82, 2.24) is 19.1 Å². The molecule has 0 radical (unpaired) electrons. The molecule has 0 fully saturated rings. The molecule has 0 bridgehead atoms. The van der Waals surface area contributed by atoms with Gasteiger partial charge in [-0.25, -0.2) is 9.97 Å². The van der Waals surface area contributed by atoms with E-state index < -0.39 is 8.07 Å². The van der Waals surface area contributed by atoms with Crippen LogP contribution < -0.4 is 21.0 Å². The molecule has 5 nitrogen and oxygen atoms in total. The molecular formula is C52H34N4OSi. The van der Waals surface area contributed by atoms with Gasteiger partial charge in [-0.1, -0.05) is 152 Å². The Bertz CT molecular complexity index is 3370. The molecule has 4 heterocycles. The highest BCUT2D eigenvalue weighted by Gasteiger charge is 2.45. The quantitative estimate of drug-likeness (QED) is 0.125. The van der Waals surface area contributed by atoms with Crippen LogP contribution in [0.2, 0.25) is 0 Å². The van der Waals surface area contributed by atoms with E-state index in [1.165, 1.54) is 48.1 Å². The monoisotopic (exact) mass is 758 g/mol. The molecular weight excluding hydrogens is 725 g/mol. The molecule has 0 saturated heterocycles. The summed E-state index contributed by atoms with van der Waals surface area (Å²) < 4.78 is 11.5. The Morgan fingerprint density at radius 1 is 0.414 bits per heavy atom. The second kappa shape index (κ2) is 12.7. The first-order chi connectivity index (χ1) is 28.8. The van der Waals surface area contributed by atoms with E-state index in [0.717, 1.165) is 44.2 Å². The van der Waals surface area contributed by atoms with Crippen molar-refractivity contribution in [2.75, 3.05) is 0 Å². The van der Waals surface area contributed by atoms with Gasteiger partial charge in [0.1, 0.15) is 11.0 Å². The van der Waals surface area contributed by atoms with Crippen molar-refractivity contribution in [2.45, 2.75) is 0 Å². The van der Waals surface area contributed by atoms with Gasteiger partial charge in [0, 0.05) is 33.4 Å². The molecule has 0 N–H and O–H groups in total. The summed E-state index contributed by atoms with van der Waals surface area (Å²) in [6.45, 7) is 0. The number of aromatic nitrogens is 4. The molecule has 6 heteroatoms. The largest absolute Gasteiger partial charge is 0.438 e. The molecule has 58 heavy (non-hydrogen) atoms. The molecule has 12 aromatic rings. The van der Waals surface area contributed by atoms with Gasteiger partial charge in [0.25, 0.3) is 0 Å². The lowest BCUT2D eigenvalue weighted by molar-refractivity contribution is 0.654. The molecule has 0 saturated carbocycles. The van der Waals surface area contributed by atoms with Crippen LogP contribution in [0.4, 0.5) is 0 Å². The van der Waals surface area contributed by atoms with Crippen molar-refractivity contribution in [3.8, 4) is 11.4 Å². The molecule has 12 rings (SSSR count). The molecule has 0 unspecified atom stereocenters. The van der Waals surface area contributed by atoms with Crippen LogP contribution in [0.3, 0.4) is 0 Å². The third-order valence-corrected chi connectivity index (χ3v) is 16.4. The van der Waals surface area contributed by atoms with Gasteiger partial charge in [-0.3, -0.25) is 0 Å². The Hall–Kier alpha value is -7.54. The molecule has 0 aliphatic rings. The standard InChI is InChI=1S/C52H34N4OSi/c1-4-17-36(18-5-1)58(37-19-6-2-7-20-37,38-21-8-3-9-22-38)52-53-34-43-50-48(29-16-30-49(50)57-51(43)54-52)56-46-28-15-12-25-41(46)42-33-35(31-32-47(42)56)55-44-26-13-10-23-39(44)40-24-11-14-27-45(40)55/h1-34H. The van der Waals surface area contributed by atoms with Crippen LogP contribution in [0, 0.1) is 0 Å². The van der Waals surface area contributed by atoms with Crippen molar-refractivity contribution in [2.24, 2.45) is 0 Å². The fourth-order valence-electron chi connectivity index (χ4n) is 9.47. The number of nitrogens with zero attached hydrogens (tertiary/aromatic N) is 4. The van der Waals surface area contributed by atoms with Crippen molar-refractivity contribution >= 4 is 94.8 Å². The van der Waals surface area contributed by atoms with Crippen LogP contribution in [0.1, 0.15) is 0 Å². The number of fused-ring (bicyclic) bond motifs is 9. The summed E-state index contributed by atoms with van der Waals surface area (Å²) in [6.07, 6.45) is 2.00. The molecule has 0 aliphatic heterocycles. The molecule has 0 aliphatic carbocycles. The lowest BCUT2D eigenvalue weighted by Crippen LogP contribution is -2.76. The lowest BCUT2D eigenvalue weighted by Gasteiger charge is -2.31. The number of hydrogen-bond acceptors (Lipinski definition) is 3. The fraction of sp³-hybridized carbons (Fsp3) is 0. The van der Waals surface area contributed by atoms with Crippen LogP contribution in [0.15, 0.2) is 211 Å². The van der Waals surface area contributed by atoms with Crippen LogP contribution in [0.25, 0.3) is 77.1 Å². The number of benzene rings is 8. The highest BCUT2D eigenvalue weighted by molar-refractivity contribution is 7.19. The maximum absolute atomic E-state index is 6.76. The maximum atomic E-state index is 6.76. The first-order valence-electron chi connectivity index (χ1n) is 19.7. The maximum Gasteiger partial charge on any atom is 0.230 e. The summed E-state index contributed by atoms with van der Waals surface area (Å²) in [5, 5.41) is 10.4. The summed E-state index contributed by atoms with van der Waals surface area (Å²) >= 11 is 0. The Morgan fingerprint density at radius 3 is 1.50 bits per heavy atom. The molecule has 4 aromatic heterocycles. The van der Waals surface area contributed by atoms with E-state index in [9.17, 15) is 0 Å². The predicted octanol–water partition coefficient (Wildman–Crippen LogP) is 9.95. The van der Waals surface area contributed by atoms with Gasteiger partial charge in [0.15, 0.2) is 0 Å². The van der Waals surface area contributed by atoms with Gasteiger partial charge in [0.2, 0.25) is 13.8 Å². The highest BCUT2D eigenvalue weighted by atomic mass is 28.3.